The molecule has 0 unspecified atom stereocenters. The zero-order valence-electron chi connectivity index (χ0n) is 26.6. The van der Waals surface area contributed by atoms with Crippen molar-refractivity contribution < 1.29 is 13.2 Å². The lowest BCUT2D eigenvalue weighted by atomic mass is 9.91. The van der Waals surface area contributed by atoms with Gasteiger partial charge in [0.1, 0.15) is 5.82 Å². The Morgan fingerprint density at radius 3 is 2.35 bits per heavy atom. The number of nitrogens with one attached hydrogen (secondary N) is 2. The van der Waals surface area contributed by atoms with E-state index < -0.39 is 10.0 Å². The van der Waals surface area contributed by atoms with Gasteiger partial charge in [0, 0.05) is 37.4 Å². The van der Waals surface area contributed by atoms with Crippen molar-refractivity contribution in [3.8, 4) is 0 Å². The number of carbonyl (C=O) groups is 1. The van der Waals surface area contributed by atoms with Crippen LogP contribution in [0.3, 0.4) is 0 Å². The summed E-state index contributed by atoms with van der Waals surface area (Å²) in [4.78, 5) is 24.9. The molecule has 2 fully saturated rings. The van der Waals surface area contributed by atoms with Crippen LogP contribution in [0.1, 0.15) is 44.1 Å². The van der Waals surface area contributed by atoms with E-state index in [1.54, 1.807) is 22.6 Å². The van der Waals surface area contributed by atoms with Gasteiger partial charge in [-0.15, -0.1) is 0 Å². The van der Waals surface area contributed by atoms with Gasteiger partial charge in [-0.25, -0.2) is 13.3 Å². The standard InChI is InChI=1S/C35H43N7O3S/c1-5-35(43)39-32-23-31(16-17-33(32)41-21-19-29(20-22-41)40(3)4)42(46(44,45)25-26-9-7-6-8-10-26)30-14-11-27(12-15-30)38-34-18-13-28(36-2)24-37-34/h5-10,13,16-18,23-24,27,29-30H,1,11-12,14-15,19-22,25H2,3-4H3,(H,37,38)(H,39,43). The Bertz CT molecular complexity index is 1640. The summed E-state index contributed by atoms with van der Waals surface area (Å²) in [6, 6.07) is 18.8. The van der Waals surface area contributed by atoms with Gasteiger partial charge in [0.15, 0.2) is 0 Å². The number of rotatable bonds is 11. The minimum Gasteiger partial charge on any atom is -0.370 e. The Balaban J connectivity index is 1.43. The highest BCUT2D eigenvalue weighted by Crippen LogP contribution is 2.38. The highest BCUT2D eigenvalue weighted by atomic mass is 32.2. The summed E-state index contributed by atoms with van der Waals surface area (Å²) < 4.78 is 30.1. The number of aromatic nitrogens is 1. The highest BCUT2D eigenvalue weighted by Gasteiger charge is 2.35. The molecule has 1 aliphatic carbocycles. The van der Waals surface area contributed by atoms with E-state index in [4.69, 9.17) is 6.57 Å². The zero-order valence-corrected chi connectivity index (χ0v) is 27.4. The van der Waals surface area contributed by atoms with Crippen molar-refractivity contribution in [2.75, 3.05) is 47.0 Å². The van der Waals surface area contributed by atoms with Crippen molar-refractivity contribution in [3.63, 3.8) is 0 Å². The second kappa shape index (κ2) is 14.8. The van der Waals surface area contributed by atoms with E-state index in [0.717, 1.165) is 50.0 Å². The van der Waals surface area contributed by atoms with Crippen LogP contribution in [0.5, 0.6) is 0 Å². The third-order valence-corrected chi connectivity index (χ3v) is 10.8. The first-order valence-electron chi connectivity index (χ1n) is 15.8. The minimum absolute atomic E-state index is 0.127. The third kappa shape index (κ3) is 8.05. The summed E-state index contributed by atoms with van der Waals surface area (Å²) in [7, 11) is 0.405. The van der Waals surface area contributed by atoms with E-state index in [-0.39, 0.29) is 23.7 Å². The van der Waals surface area contributed by atoms with Gasteiger partial charge in [-0.3, -0.25) is 14.1 Å². The van der Waals surface area contributed by atoms with Gasteiger partial charge in [0.05, 0.1) is 29.4 Å². The van der Waals surface area contributed by atoms with E-state index >= 15 is 0 Å². The molecule has 2 heterocycles. The average molecular weight is 642 g/mol. The predicted octanol–water partition coefficient (Wildman–Crippen LogP) is 6.05. The molecule has 242 valence electrons. The number of hydrogen-bond donors (Lipinski definition) is 2. The monoisotopic (exact) mass is 641 g/mol. The molecule has 5 rings (SSSR count). The van der Waals surface area contributed by atoms with Crippen molar-refractivity contribution in [1.82, 2.24) is 9.88 Å². The summed E-state index contributed by atoms with van der Waals surface area (Å²) in [5.74, 6) is 0.236. The average Bonchev–Trinajstić information content (AvgIpc) is 3.06. The number of sulfonamides is 1. The lowest BCUT2D eigenvalue weighted by Gasteiger charge is -2.39. The minimum atomic E-state index is -3.80. The van der Waals surface area contributed by atoms with E-state index in [0.29, 0.717) is 41.8 Å². The lowest BCUT2D eigenvalue weighted by Crippen LogP contribution is -2.45. The molecule has 11 heteroatoms. The van der Waals surface area contributed by atoms with Crippen LogP contribution >= 0.6 is 0 Å². The summed E-state index contributed by atoms with van der Waals surface area (Å²) >= 11 is 0. The van der Waals surface area contributed by atoms with Gasteiger partial charge in [-0.1, -0.05) is 43.0 Å². The third-order valence-electron chi connectivity index (χ3n) is 8.96. The summed E-state index contributed by atoms with van der Waals surface area (Å²) in [6.07, 6.45) is 7.60. The van der Waals surface area contributed by atoms with Crippen LogP contribution < -0.4 is 19.8 Å². The van der Waals surface area contributed by atoms with Crippen LogP contribution in [-0.4, -0.2) is 69.5 Å². The Morgan fingerprint density at radius 2 is 1.74 bits per heavy atom. The zero-order chi connectivity index (χ0) is 32.7. The van der Waals surface area contributed by atoms with Gasteiger partial charge in [0.25, 0.3) is 0 Å². The van der Waals surface area contributed by atoms with E-state index in [1.807, 2.05) is 48.5 Å². The maximum Gasteiger partial charge on any atom is 0.247 e. The maximum absolute atomic E-state index is 14.3. The topological polar surface area (TPSA) is 102 Å². The van der Waals surface area contributed by atoms with Crippen molar-refractivity contribution >= 4 is 44.5 Å². The molecule has 10 nitrogen and oxygen atoms in total. The number of anilines is 4. The first-order valence-corrected chi connectivity index (χ1v) is 17.4. The molecule has 1 aliphatic heterocycles. The van der Waals surface area contributed by atoms with Crippen LogP contribution in [0.25, 0.3) is 4.85 Å². The largest absolute Gasteiger partial charge is 0.370 e. The van der Waals surface area contributed by atoms with Crippen LogP contribution in [-0.2, 0) is 20.6 Å². The molecule has 1 amide bonds. The van der Waals surface area contributed by atoms with Crippen LogP contribution in [0, 0.1) is 6.57 Å². The van der Waals surface area contributed by atoms with Crippen molar-refractivity contribution in [3.05, 3.63) is 96.5 Å². The molecular formula is C35H43N7O3S. The molecule has 0 radical (unpaired) electrons. The predicted molar refractivity (Wildman–Crippen MR) is 186 cm³/mol. The summed E-state index contributed by atoms with van der Waals surface area (Å²) in [5, 5.41) is 6.42. The molecule has 2 aromatic carbocycles. The molecule has 0 spiro atoms. The molecule has 0 atom stereocenters. The van der Waals surface area contributed by atoms with E-state index in [9.17, 15) is 13.2 Å². The molecule has 3 aromatic rings. The second-order valence-corrected chi connectivity index (χ2v) is 14.1. The first kappa shape index (κ1) is 33.0. The molecular weight excluding hydrogens is 598 g/mol. The van der Waals surface area contributed by atoms with Gasteiger partial charge in [0.2, 0.25) is 21.6 Å². The van der Waals surface area contributed by atoms with Crippen LogP contribution in [0.15, 0.2) is 79.5 Å². The molecule has 2 N–H and O–H groups in total. The van der Waals surface area contributed by atoms with Gasteiger partial charge in [-0.2, -0.15) is 0 Å². The molecule has 46 heavy (non-hydrogen) atoms. The van der Waals surface area contributed by atoms with Gasteiger partial charge >= 0.3 is 0 Å². The Morgan fingerprint density at radius 1 is 1.02 bits per heavy atom. The highest BCUT2D eigenvalue weighted by molar-refractivity contribution is 7.92. The molecule has 1 saturated carbocycles. The molecule has 0 bridgehead atoms. The van der Waals surface area contributed by atoms with Crippen LogP contribution in [0.2, 0.25) is 0 Å². The molecule has 1 aromatic heterocycles. The van der Waals surface area contributed by atoms with Crippen LogP contribution in [0.4, 0.5) is 28.6 Å². The SMILES string of the molecule is [C-]#[N+]c1ccc(NC2CCC(N(c3ccc(N4CCC(N(C)C)CC4)c(NC(=O)C=C)c3)S(=O)(=O)Cc3ccccc3)CC2)nc1. The van der Waals surface area contributed by atoms with Crippen molar-refractivity contribution in [1.29, 1.82) is 0 Å². The maximum atomic E-state index is 14.3. The van der Waals surface area contributed by atoms with E-state index in [2.05, 4.69) is 50.9 Å². The fourth-order valence-electron chi connectivity index (χ4n) is 6.50. The quantitative estimate of drug-likeness (QED) is 0.194. The van der Waals surface area contributed by atoms with Gasteiger partial charge in [-0.05, 0) is 88.5 Å². The number of nitrogens with zero attached hydrogens (tertiary/aromatic N) is 5. The Hall–Kier alpha value is -4.40. The number of benzene rings is 2. The number of pyridine rings is 1. The normalized spacial score (nSPS) is 18.9. The van der Waals surface area contributed by atoms with Crippen molar-refractivity contribution in [2.45, 2.75) is 62.4 Å². The summed E-state index contributed by atoms with van der Waals surface area (Å²) in [6.45, 7) is 12.4. The Kier molecular flexibility index (Phi) is 10.6. The fraction of sp³-hybridized carbons (Fsp3) is 0.400. The summed E-state index contributed by atoms with van der Waals surface area (Å²) in [5.41, 5.74) is 3.20. The fourth-order valence-corrected chi connectivity index (χ4v) is 8.35. The molecule has 2 aliphatic rings. The van der Waals surface area contributed by atoms with Crippen molar-refractivity contribution in [2.24, 2.45) is 0 Å². The number of amides is 1. The Labute approximate surface area is 273 Å². The molecule has 1 saturated heterocycles. The van der Waals surface area contributed by atoms with E-state index in [1.165, 1.54) is 6.08 Å². The number of carbonyl (C=O) groups excluding carboxylic acids is 1. The number of hydrogen-bond acceptors (Lipinski definition) is 7. The lowest BCUT2D eigenvalue weighted by molar-refractivity contribution is -0.111. The second-order valence-electron chi connectivity index (χ2n) is 12.3. The van der Waals surface area contributed by atoms with Gasteiger partial charge < -0.3 is 20.4 Å². The first-order chi connectivity index (χ1) is 22.2. The smallest absolute Gasteiger partial charge is 0.247 e. The number of piperidine rings is 1.